The van der Waals surface area contributed by atoms with Gasteiger partial charge in [0.05, 0.1) is 27.9 Å². The molecule has 1 aliphatic rings. The number of hydrogen-bond donors (Lipinski definition) is 2. The smallest absolute Gasteiger partial charge is 0.369 e. The van der Waals surface area contributed by atoms with Crippen LogP contribution in [0.1, 0.15) is 28.0 Å². The Kier molecular flexibility index (Phi) is 7.98. The van der Waals surface area contributed by atoms with E-state index in [0.717, 1.165) is 12.5 Å². The number of pyridine rings is 1. The number of aromatic nitrogens is 3. The van der Waals surface area contributed by atoms with Crippen LogP contribution in [0.25, 0.3) is 11.0 Å². The van der Waals surface area contributed by atoms with Gasteiger partial charge in [-0.05, 0) is 45.6 Å². The number of carbonyl (C=O) groups is 2. The molecular formula is C23H26ClF4N7O2. The maximum Gasteiger partial charge on any atom is 0.419 e. The van der Waals surface area contributed by atoms with Gasteiger partial charge in [0.15, 0.2) is 5.65 Å². The standard InChI is InChI=1S/C23H25F4N7O2.ClH/c1-12-18-19(34-8-7-14(11-34)32(2)3)15(10-28-20(18)33(4)31-12)21(35)30-22(36)29-13-5-6-17(24)16(9-13)23(25,26)27;/h5-6,9-10,14H,7-8,11H2,1-4H3,(H2,29,30,35,36);1H. The lowest BCUT2D eigenvalue weighted by Gasteiger charge is -2.24. The maximum atomic E-state index is 13.5. The number of nitrogens with zero attached hydrogens (tertiary/aromatic N) is 5. The second-order valence-electron chi connectivity index (χ2n) is 8.88. The van der Waals surface area contributed by atoms with Crippen molar-refractivity contribution in [2.75, 3.05) is 37.4 Å². The van der Waals surface area contributed by atoms with E-state index < -0.39 is 29.5 Å². The van der Waals surface area contributed by atoms with Crippen LogP contribution in [0.3, 0.4) is 0 Å². The SMILES string of the molecule is Cc1nn(C)c2ncc(C(=O)NC(=O)Nc3ccc(F)c(C(F)(F)F)c3)c(N3CCC(N(C)C)C3)c12.Cl. The third kappa shape index (κ3) is 5.62. The Bertz CT molecular complexity index is 1340. The normalized spacial score (nSPS) is 15.7. The van der Waals surface area contributed by atoms with Gasteiger partial charge in [0.1, 0.15) is 5.82 Å². The van der Waals surface area contributed by atoms with Crippen LogP contribution in [0.5, 0.6) is 0 Å². The maximum absolute atomic E-state index is 13.5. The molecule has 200 valence electrons. The van der Waals surface area contributed by atoms with Crippen molar-refractivity contribution in [3.8, 4) is 0 Å². The van der Waals surface area contributed by atoms with Crippen LogP contribution in [0.15, 0.2) is 24.4 Å². The van der Waals surface area contributed by atoms with E-state index >= 15 is 0 Å². The molecule has 2 N–H and O–H groups in total. The van der Waals surface area contributed by atoms with Gasteiger partial charge in [-0.1, -0.05) is 0 Å². The number of hydrogen-bond acceptors (Lipinski definition) is 6. The van der Waals surface area contributed by atoms with E-state index in [1.165, 1.54) is 6.20 Å². The summed E-state index contributed by atoms with van der Waals surface area (Å²) in [6.07, 6.45) is -2.72. The summed E-state index contributed by atoms with van der Waals surface area (Å²) in [6, 6.07) is 1.21. The first-order chi connectivity index (χ1) is 16.9. The highest BCUT2D eigenvalue weighted by molar-refractivity contribution is 6.13. The summed E-state index contributed by atoms with van der Waals surface area (Å²) in [5.74, 6) is -2.26. The molecule has 0 radical (unpaired) electrons. The molecule has 0 spiro atoms. The van der Waals surface area contributed by atoms with Crippen LogP contribution in [0, 0.1) is 12.7 Å². The van der Waals surface area contributed by atoms with Crippen molar-refractivity contribution in [2.24, 2.45) is 7.05 Å². The summed E-state index contributed by atoms with van der Waals surface area (Å²) >= 11 is 0. The third-order valence-corrected chi connectivity index (χ3v) is 6.21. The Hall–Kier alpha value is -3.45. The number of alkyl halides is 3. The first-order valence-corrected chi connectivity index (χ1v) is 11.1. The van der Waals surface area contributed by atoms with Gasteiger partial charge >= 0.3 is 12.2 Å². The van der Waals surface area contributed by atoms with Gasteiger partial charge in [-0.2, -0.15) is 18.3 Å². The fourth-order valence-electron chi connectivity index (χ4n) is 4.41. The number of benzene rings is 1. The van der Waals surface area contributed by atoms with Crippen LogP contribution >= 0.6 is 12.4 Å². The number of urea groups is 1. The lowest BCUT2D eigenvalue weighted by molar-refractivity contribution is -0.139. The molecule has 1 fully saturated rings. The molecule has 0 bridgehead atoms. The minimum Gasteiger partial charge on any atom is -0.369 e. The van der Waals surface area contributed by atoms with Gasteiger partial charge in [0.25, 0.3) is 5.91 Å². The van der Waals surface area contributed by atoms with Gasteiger partial charge < -0.3 is 15.1 Å². The van der Waals surface area contributed by atoms with E-state index in [2.05, 4.69) is 25.6 Å². The molecule has 1 atom stereocenters. The summed E-state index contributed by atoms with van der Waals surface area (Å²) < 4.78 is 54.1. The van der Waals surface area contributed by atoms with Crippen molar-refractivity contribution in [3.63, 3.8) is 0 Å². The average Bonchev–Trinajstić information content (AvgIpc) is 3.39. The Morgan fingerprint density at radius 3 is 2.54 bits per heavy atom. The average molecular weight is 544 g/mol. The largest absolute Gasteiger partial charge is 0.419 e. The highest BCUT2D eigenvalue weighted by Gasteiger charge is 2.35. The fourth-order valence-corrected chi connectivity index (χ4v) is 4.41. The zero-order valence-electron chi connectivity index (χ0n) is 20.5. The molecule has 9 nitrogen and oxygen atoms in total. The topological polar surface area (TPSA) is 95.4 Å². The third-order valence-electron chi connectivity index (χ3n) is 6.21. The molecule has 0 aliphatic carbocycles. The monoisotopic (exact) mass is 543 g/mol. The zero-order chi connectivity index (χ0) is 26.4. The summed E-state index contributed by atoms with van der Waals surface area (Å²) in [4.78, 5) is 34.1. The minimum atomic E-state index is -4.94. The molecule has 37 heavy (non-hydrogen) atoms. The van der Waals surface area contributed by atoms with E-state index in [9.17, 15) is 27.2 Å². The molecule has 1 aliphatic heterocycles. The number of halogens is 5. The molecule has 0 saturated carbocycles. The van der Waals surface area contributed by atoms with Gasteiger partial charge in [-0.3, -0.25) is 14.8 Å². The van der Waals surface area contributed by atoms with Gasteiger partial charge in [-0.25, -0.2) is 14.2 Å². The number of aryl methyl sites for hydroxylation is 2. The number of nitrogens with one attached hydrogen (secondary N) is 2. The number of carbonyl (C=O) groups excluding carboxylic acids is 2. The van der Waals surface area contributed by atoms with E-state index in [-0.39, 0.29) is 29.7 Å². The van der Waals surface area contributed by atoms with Crippen LogP contribution in [0.2, 0.25) is 0 Å². The Morgan fingerprint density at radius 2 is 1.92 bits per heavy atom. The number of likely N-dealkylation sites (N-methyl/N-ethyl adjacent to an activating group) is 1. The second kappa shape index (κ2) is 10.5. The lowest BCUT2D eigenvalue weighted by atomic mass is 10.1. The number of rotatable bonds is 4. The molecule has 1 unspecified atom stereocenters. The number of fused-ring (bicyclic) bond motifs is 1. The molecule has 3 aromatic rings. The summed E-state index contributed by atoms with van der Waals surface area (Å²) in [5, 5.41) is 9.38. The first kappa shape index (κ1) is 28.1. The predicted molar refractivity (Wildman–Crippen MR) is 133 cm³/mol. The molecule has 1 aromatic carbocycles. The van der Waals surface area contributed by atoms with Gasteiger partial charge in [-0.15, -0.1) is 12.4 Å². The van der Waals surface area contributed by atoms with Crippen molar-refractivity contribution in [3.05, 3.63) is 47.0 Å². The lowest BCUT2D eigenvalue weighted by Crippen LogP contribution is -2.36. The van der Waals surface area contributed by atoms with Gasteiger partial charge in [0, 0.05) is 38.1 Å². The summed E-state index contributed by atoms with van der Waals surface area (Å²) in [5.41, 5.74) is 0.0974. The second-order valence-corrected chi connectivity index (χ2v) is 8.88. The molecule has 3 amide bonds. The number of anilines is 2. The highest BCUT2D eigenvalue weighted by atomic mass is 35.5. The summed E-state index contributed by atoms with van der Waals surface area (Å²) in [7, 11) is 5.69. The van der Waals surface area contributed by atoms with Crippen molar-refractivity contribution in [1.29, 1.82) is 0 Å². The molecule has 14 heteroatoms. The van der Waals surface area contributed by atoms with Crippen LogP contribution in [0.4, 0.5) is 33.7 Å². The van der Waals surface area contributed by atoms with E-state index in [4.69, 9.17) is 0 Å². The molecule has 3 heterocycles. The molecule has 4 rings (SSSR count). The molecular weight excluding hydrogens is 518 g/mol. The zero-order valence-corrected chi connectivity index (χ0v) is 21.3. The van der Waals surface area contributed by atoms with E-state index in [1.807, 2.05) is 19.0 Å². The quantitative estimate of drug-likeness (QED) is 0.484. The highest BCUT2D eigenvalue weighted by Crippen LogP contribution is 2.35. The van der Waals surface area contributed by atoms with Crippen molar-refractivity contribution < 1.29 is 27.2 Å². The van der Waals surface area contributed by atoms with E-state index in [0.29, 0.717) is 47.6 Å². The van der Waals surface area contributed by atoms with Crippen LogP contribution < -0.4 is 15.5 Å². The van der Waals surface area contributed by atoms with Crippen LogP contribution in [-0.4, -0.2) is 64.8 Å². The van der Waals surface area contributed by atoms with Gasteiger partial charge in [0.2, 0.25) is 0 Å². The number of amides is 3. The first-order valence-electron chi connectivity index (χ1n) is 11.1. The Balaban J connectivity index is 0.00000380. The molecule has 1 saturated heterocycles. The molecule has 2 aromatic heterocycles. The van der Waals surface area contributed by atoms with Crippen LogP contribution in [-0.2, 0) is 13.2 Å². The summed E-state index contributed by atoms with van der Waals surface area (Å²) in [6.45, 7) is 3.11. The minimum absolute atomic E-state index is 0. The van der Waals surface area contributed by atoms with Crippen molar-refractivity contribution in [1.82, 2.24) is 25.0 Å². The van der Waals surface area contributed by atoms with Crippen molar-refractivity contribution in [2.45, 2.75) is 25.6 Å². The predicted octanol–water partition coefficient (Wildman–Crippen LogP) is 3.96. The Labute approximate surface area is 216 Å². The Morgan fingerprint density at radius 1 is 1.22 bits per heavy atom. The van der Waals surface area contributed by atoms with E-state index in [1.54, 1.807) is 18.7 Å². The van der Waals surface area contributed by atoms with Crippen molar-refractivity contribution >= 4 is 46.8 Å². The number of imide groups is 1. The fraction of sp³-hybridized carbons (Fsp3) is 0.391.